The second-order valence-electron chi connectivity index (χ2n) is 5.50. The van der Waals surface area contributed by atoms with E-state index in [0.717, 1.165) is 25.3 Å². The van der Waals surface area contributed by atoms with E-state index in [9.17, 15) is 27.9 Å². The fourth-order valence-electron chi connectivity index (χ4n) is 2.53. The molecule has 0 saturated heterocycles. The molecule has 2 amide bonds. The van der Waals surface area contributed by atoms with Crippen molar-refractivity contribution < 1.29 is 27.9 Å². The van der Waals surface area contributed by atoms with Gasteiger partial charge in [0, 0.05) is 12.5 Å². The van der Waals surface area contributed by atoms with Gasteiger partial charge in [-0.3, -0.25) is 9.59 Å². The molecular weight excluding hydrogens is 313 g/mol. The number of halogens is 3. The van der Waals surface area contributed by atoms with Crippen molar-refractivity contribution >= 4 is 17.5 Å². The SMILES string of the molecule is O=C(NC[C@@H]1CCCC[C@H]1O)C(=O)Nc1ccc(F)c(F)c1F. The number of hydrogen-bond acceptors (Lipinski definition) is 3. The monoisotopic (exact) mass is 330 g/mol. The quantitative estimate of drug-likeness (QED) is 0.583. The number of anilines is 1. The maximum atomic E-state index is 13.4. The highest BCUT2D eigenvalue weighted by Gasteiger charge is 2.25. The lowest BCUT2D eigenvalue weighted by molar-refractivity contribution is -0.136. The van der Waals surface area contributed by atoms with Gasteiger partial charge in [-0.1, -0.05) is 12.8 Å². The minimum Gasteiger partial charge on any atom is -0.393 e. The fourth-order valence-corrected chi connectivity index (χ4v) is 2.53. The fraction of sp³-hybridized carbons (Fsp3) is 0.467. The molecule has 1 fully saturated rings. The van der Waals surface area contributed by atoms with E-state index >= 15 is 0 Å². The molecule has 1 saturated carbocycles. The summed E-state index contributed by atoms with van der Waals surface area (Å²) in [6.07, 6.45) is 2.70. The maximum absolute atomic E-state index is 13.4. The zero-order valence-electron chi connectivity index (χ0n) is 12.2. The highest BCUT2D eigenvalue weighted by Crippen LogP contribution is 2.23. The first kappa shape index (κ1) is 17.3. The zero-order chi connectivity index (χ0) is 17.0. The Hall–Kier alpha value is -2.09. The van der Waals surface area contributed by atoms with Gasteiger partial charge >= 0.3 is 11.8 Å². The van der Waals surface area contributed by atoms with Gasteiger partial charge < -0.3 is 15.7 Å². The van der Waals surface area contributed by atoms with Crippen molar-refractivity contribution in [3.63, 3.8) is 0 Å². The molecule has 1 aromatic rings. The van der Waals surface area contributed by atoms with Crippen LogP contribution in [-0.2, 0) is 9.59 Å². The second-order valence-corrected chi connectivity index (χ2v) is 5.50. The summed E-state index contributed by atoms with van der Waals surface area (Å²) in [5.41, 5.74) is -0.623. The maximum Gasteiger partial charge on any atom is 0.313 e. The third-order valence-electron chi connectivity index (χ3n) is 3.88. The first-order valence-corrected chi connectivity index (χ1v) is 7.31. The van der Waals surface area contributed by atoms with Gasteiger partial charge in [-0.05, 0) is 25.0 Å². The van der Waals surface area contributed by atoms with E-state index < -0.39 is 41.1 Å². The minimum atomic E-state index is -1.73. The summed E-state index contributed by atoms with van der Waals surface area (Å²) in [6, 6.07) is 1.47. The molecule has 0 bridgehead atoms. The molecule has 2 rings (SSSR count). The summed E-state index contributed by atoms with van der Waals surface area (Å²) < 4.78 is 39.3. The van der Waals surface area contributed by atoms with Crippen molar-refractivity contribution in [3.05, 3.63) is 29.6 Å². The smallest absolute Gasteiger partial charge is 0.313 e. The van der Waals surface area contributed by atoms with E-state index in [-0.39, 0.29) is 12.5 Å². The summed E-state index contributed by atoms with van der Waals surface area (Å²) >= 11 is 0. The van der Waals surface area contributed by atoms with Crippen molar-refractivity contribution in [1.82, 2.24) is 5.32 Å². The topological polar surface area (TPSA) is 78.4 Å². The predicted octanol–water partition coefficient (Wildman–Crippen LogP) is 1.71. The summed E-state index contributed by atoms with van der Waals surface area (Å²) in [7, 11) is 0. The summed E-state index contributed by atoms with van der Waals surface area (Å²) in [5, 5.41) is 14.0. The first-order chi connectivity index (χ1) is 10.9. The van der Waals surface area contributed by atoms with Gasteiger partial charge in [-0.2, -0.15) is 0 Å². The molecule has 2 atom stereocenters. The van der Waals surface area contributed by atoms with Crippen LogP contribution in [0.25, 0.3) is 0 Å². The highest BCUT2D eigenvalue weighted by molar-refractivity contribution is 6.39. The number of rotatable bonds is 3. The van der Waals surface area contributed by atoms with Crippen LogP contribution in [0.2, 0.25) is 0 Å². The molecule has 0 heterocycles. The molecule has 1 aliphatic rings. The molecular formula is C15H17F3N2O3. The number of hydrogen-bond donors (Lipinski definition) is 3. The number of amides is 2. The summed E-state index contributed by atoms with van der Waals surface area (Å²) in [4.78, 5) is 23.3. The Bertz CT molecular complexity index is 610. The van der Waals surface area contributed by atoms with Gasteiger partial charge in [0.25, 0.3) is 0 Å². The van der Waals surface area contributed by atoms with E-state index in [1.807, 2.05) is 5.32 Å². The number of carbonyl (C=O) groups excluding carboxylic acids is 2. The van der Waals surface area contributed by atoms with E-state index in [4.69, 9.17) is 0 Å². The Morgan fingerprint density at radius 2 is 1.78 bits per heavy atom. The Kier molecular flexibility index (Phi) is 5.59. The van der Waals surface area contributed by atoms with Crippen LogP contribution in [0.5, 0.6) is 0 Å². The number of aliphatic hydroxyl groups is 1. The Morgan fingerprint density at radius 1 is 1.09 bits per heavy atom. The van der Waals surface area contributed by atoms with E-state index in [1.54, 1.807) is 0 Å². The van der Waals surface area contributed by atoms with Crippen molar-refractivity contribution in [2.75, 3.05) is 11.9 Å². The number of carbonyl (C=O) groups is 2. The van der Waals surface area contributed by atoms with Gasteiger partial charge in [0.2, 0.25) is 0 Å². The van der Waals surface area contributed by atoms with E-state index in [1.165, 1.54) is 0 Å². The average molecular weight is 330 g/mol. The molecule has 0 radical (unpaired) electrons. The molecule has 0 aromatic heterocycles. The molecule has 8 heteroatoms. The number of nitrogens with one attached hydrogen (secondary N) is 2. The molecule has 3 N–H and O–H groups in total. The molecule has 1 aromatic carbocycles. The minimum absolute atomic E-state index is 0.119. The average Bonchev–Trinajstić information content (AvgIpc) is 2.54. The molecule has 0 aliphatic heterocycles. The van der Waals surface area contributed by atoms with E-state index in [0.29, 0.717) is 12.5 Å². The van der Waals surface area contributed by atoms with E-state index in [2.05, 4.69) is 5.32 Å². The first-order valence-electron chi connectivity index (χ1n) is 7.31. The Labute approximate surface area is 130 Å². The lowest BCUT2D eigenvalue weighted by atomic mass is 9.86. The van der Waals surface area contributed by atoms with Crippen molar-refractivity contribution in [1.29, 1.82) is 0 Å². The highest BCUT2D eigenvalue weighted by atomic mass is 19.2. The van der Waals surface area contributed by atoms with Crippen LogP contribution >= 0.6 is 0 Å². The lowest BCUT2D eigenvalue weighted by Crippen LogP contribution is -2.41. The van der Waals surface area contributed by atoms with Gasteiger partial charge in [0.15, 0.2) is 17.5 Å². The van der Waals surface area contributed by atoms with Crippen molar-refractivity contribution in [3.8, 4) is 0 Å². The van der Waals surface area contributed by atoms with Crippen LogP contribution in [0.3, 0.4) is 0 Å². The van der Waals surface area contributed by atoms with Crippen molar-refractivity contribution in [2.45, 2.75) is 31.8 Å². The van der Waals surface area contributed by atoms with Crippen LogP contribution in [0.1, 0.15) is 25.7 Å². The molecule has 0 unspecified atom stereocenters. The molecule has 1 aliphatic carbocycles. The van der Waals surface area contributed by atoms with Crippen LogP contribution in [-0.4, -0.2) is 29.6 Å². The van der Waals surface area contributed by atoms with Gasteiger partial charge in [-0.25, -0.2) is 13.2 Å². The zero-order valence-corrected chi connectivity index (χ0v) is 12.2. The molecule has 126 valence electrons. The summed E-state index contributed by atoms with van der Waals surface area (Å²) in [5.74, 6) is -7.06. The molecule has 0 spiro atoms. The molecule has 23 heavy (non-hydrogen) atoms. The number of benzene rings is 1. The third kappa shape index (κ3) is 4.22. The number of aliphatic hydroxyl groups excluding tert-OH is 1. The van der Waals surface area contributed by atoms with Crippen LogP contribution in [0.4, 0.5) is 18.9 Å². The molecule has 5 nitrogen and oxygen atoms in total. The Balaban J connectivity index is 1.90. The Morgan fingerprint density at radius 3 is 2.48 bits per heavy atom. The second kappa shape index (κ2) is 7.45. The van der Waals surface area contributed by atoms with Crippen LogP contribution in [0.15, 0.2) is 12.1 Å². The standard InChI is InChI=1S/C15H17F3N2O3/c16-9-5-6-10(13(18)12(9)17)20-15(23)14(22)19-7-8-3-1-2-4-11(8)21/h5-6,8,11,21H,1-4,7H2,(H,19,22)(H,20,23)/t8-,11+/m0/s1. The van der Waals surface area contributed by atoms with Crippen LogP contribution in [0, 0.1) is 23.4 Å². The third-order valence-corrected chi connectivity index (χ3v) is 3.88. The predicted molar refractivity (Wildman–Crippen MR) is 75.9 cm³/mol. The van der Waals surface area contributed by atoms with Gasteiger partial charge in [0.1, 0.15) is 0 Å². The van der Waals surface area contributed by atoms with Crippen molar-refractivity contribution in [2.24, 2.45) is 5.92 Å². The van der Waals surface area contributed by atoms with Crippen LogP contribution < -0.4 is 10.6 Å². The lowest BCUT2D eigenvalue weighted by Gasteiger charge is -2.27. The normalized spacial score (nSPS) is 20.9. The summed E-state index contributed by atoms with van der Waals surface area (Å²) in [6.45, 7) is 0.119. The largest absolute Gasteiger partial charge is 0.393 e. The van der Waals surface area contributed by atoms with Gasteiger partial charge in [-0.15, -0.1) is 0 Å². The van der Waals surface area contributed by atoms with Gasteiger partial charge in [0.05, 0.1) is 11.8 Å².